The second-order valence-electron chi connectivity index (χ2n) is 9.69. The quantitative estimate of drug-likeness (QED) is 0.594. The van der Waals surface area contributed by atoms with Crippen LogP contribution in [0.25, 0.3) is 5.65 Å². The maximum Gasteiger partial charge on any atom is 0.327 e. The molecule has 0 spiro atoms. The van der Waals surface area contributed by atoms with Crippen molar-refractivity contribution in [2.24, 2.45) is 11.8 Å². The lowest BCUT2D eigenvalue weighted by atomic mass is 9.94. The van der Waals surface area contributed by atoms with Gasteiger partial charge in [0.05, 0.1) is 11.4 Å². The van der Waals surface area contributed by atoms with E-state index in [9.17, 15) is 9.18 Å². The molecule has 7 nitrogen and oxygen atoms in total. The topological polar surface area (TPSA) is 65.8 Å². The number of carbonyl (C=O) groups excluding carboxylic acids is 1. The summed E-state index contributed by atoms with van der Waals surface area (Å²) in [6, 6.07) is 3.04. The minimum atomic E-state index is -0.508. The monoisotopic (exact) mass is 450 g/mol. The van der Waals surface area contributed by atoms with Gasteiger partial charge >= 0.3 is 6.03 Å². The van der Waals surface area contributed by atoms with E-state index in [-0.39, 0.29) is 11.7 Å². The number of nitrogens with one attached hydrogen (secondary N) is 1. The molecule has 3 aromatic heterocycles. The van der Waals surface area contributed by atoms with E-state index < -0.39 is 5.82 Å². The smallest absolute Gasteiger partial charge is 0.327 e. The molecule has 1 fully saturated rings. The van der Waals surface area contributed by atoms with Gasteiger partial charge in [0.1, 0.15) is 11.5 Å². The molecule has 1 saturated heterocycles. The van der Waals surface area contributed by atoms with Gasteiger partial charge in [-0.15, -0.1) is 0 Å². The largest absolute Gasteiger partial charge is 0.371 e. The van der Waals surface area contributed by atoms with Crippen LogP contribution in [0.5, 0.6) is 0 Å². The minimum absolute atomic E-state index is 0.126. The van der Waals surface area contributed by atoms with Gasteiger partial charge in [-0.05, 0) is 44.1 Å². The van der Waals surface area contributed by atoms with E-state index in [0.717, 1.165) is 30.8 Å². The summed E-state index contributed by atoms with van der Waals surface area (Å²) in [4.78, 5) is 26.0. The van der Waals surface area contributed by atoms with Crippen LogP contribution in [0.4, 0.5) is 26.4 Å². The number of hydrogen-bond donors (Lipinski definition) is 1. The number of urea groups is 1. The molecule has 2 unspecified atom stereocenters. The van der Waals surface area contributed by atoms with E-state index in [1.54, 1.807) is 27.9 Å². The standard InChI is InChI=1S/C25H31FN6O/c1-16-5-4-6-17(2)13-30(12-16)22-7-9-27-24-19(22)8-10-32(24)25(33)29-21-15-31-14-18(3)28-23(31)11-20(21)26/h7,9,11,14-17H,4-6,8,10,12-13H2,1-3H3,(H,29,33). The molecule has 174 valence electrons. The number of aryl methyl sites for hydroxylation is 1. The first-order chi connectivity index (χ1) is 15.9. The third-order valence-corrected chi connectivity index (χ3v) is 6.80. The van der Waals surface area contributed by atoms with Gasteiger partial charge < -0.3 is 14.6 Å². The van der Waals surface area contributed by atoms with Crippen LogP contribution < -0.4 is 15.1 Å². The van der Waals surface area contributed by atoms with Crippen LogP contribution in [0.3, 0.4) is 0 Å². The fraction of sp³-hybridized carbons (Fsp3) is 0.480. The number of rotatable bonds is 2. The summed E-state index contributed by atoms with van der Waals surface area (Å²) in [5.41, 5.74) is 3.71. The molecule has 0 aliphatic carbocycles. The average Bonchev–Trinajstić information content (AvgIpc) is 3.34. The number of imidazole rings is 1. The molecule has 1 N–H and O–H groups in total. The van der Waals surface area contributed by atoms with E-state index in [1.807, 2.05) is 6.92 Å². The Labute approximate surface area is 193 Å². The van der Waals surface area contributed by atoms with Crippen LogP contribution in [0.15, 0.2) is 30.7 Å². The third kappa shape index (κ3) is 4.26. The molecule has 33 heavy (non-hydrogen) atoms. The Morgan fingerprint density at radius 2 is 1.94 bits per heavy atom. The van der Waals surface area contributed by atoms with E-state index in [0.29, 0.717) is 29.8 Å². The predicted molar refractivity (Wildman–Crippen MR) is 129 cm³/mol. The van der Waals surface area contributed by atoms with Gasteiger partial charge in [-0.3, -0.25) is 4.90 Å². The Hall–Kier alpha value is -3.16. The van der Waals surface area contributed by atoms with Crippen LogP contribution in [-0.2, 0) is 6.42 Å². The van der Waals surface area contributed by atoms with Crippen molar-refractivity contribution in [3.8, 4) is 0 Å². The molecule has 0 saturated carbocycles. The van der Waals surface area contributed by atoms with Crippen molar-refractivity contribution in [1.82, 2.24) is 14.4 Å². The molecule has 0 bridgehead atoms. The molecule has 8 heteroatoms. The Balaban J connectivity index is 1.40. The molecule has 2 aliphatic heterocycles. The highest BCUT2D eigenvalue weighted by Gasteiger charge is 2.31. The third-order valence-electron chi connectivity index (χ3n) is 6.80. The lowest BCUT2D eigenvalue weighted by molar-refractivity contribution is 0.257. The van der Waals surface area contributed by atoms with Gasteiger partial charge in [-0.2, -0.15) is 0 Å². The molecule has 3 aromatic rings. The Morgan fingerprint density at radius 1 is 1.18 bits per heavy atom. The molecule has 2 atom stereocenters. The van der Waals surface area contributed by atoms with Crippen molar-refractivity contribution in [1.29, 1.82) is 0 Å². The first-order valence-electron chi connectivity index (χ1n) is 11.8. The van der Waals surface area contributed by atoms with E-state index in [1.165, 1.54) is 31.0 Å². The van der Waals surface area contributed by atoms with Gasteiger partial charge in [-0.1, -0.05) is 20.3 Å². The van der Waals surface area contributed by atoms with Crippen molar-refractivity contribution in [3.05, 3.63) is 47.8 Å². The normalized spacial score (nSPS) is 21.1. The number of hydrogen-bond acceptors (Lipinski definition) is 4. The summed E-state index contributed by atoms with van der Waals surface area (Å²) in [7, 11) is 0. The zero-order valence-corrected chi connectivity index (χ0v) is 19.5. The first-order valence-corrected chi connectivity index (χ1v) is 11.8. The lowest BCUT2D eigenvalue weighted by Crippen LogP contribution is -2.35. The molecule has 0 aromatic carbocycles. The van der Waals surface area contributed by atoms with Crippen LogP contribution in [0.2, 0.25) is 0 Å². The number of nitrogens with zero attached hydrogens (tertiary/aromatic N) is 5. The summed E-state index contributed by atoms with van der Waals surface area (Å²) < 4.78 is 16.3. The number of fused-ring (bicyclic) bond motifs is 2. The highest BCUT2D eigenvalue weighted by molar-refractivity contribution is 6.03. The fourth-order valence-corrected chi connectivity index (χ4v) is 5.20. The van der Waals surface area contributed by atoms with E-state index >= 15 is 0 Å². The lowest BCUT2D eigenvalue weighted by Gasteiger charge is -2.34. The Kier molecular flexibility index (Phi) is 5.68. The van der Waals surface area contributed by atoms with Gasteiger partial charge in [0.2, 0.25) is 0 Å². The summed E-state index contributed by atoms with van der Waals surface area (Å²) in [5.74, 6) is 1.43. The van der Waals surface area contributed by atoms with Crippen molar-refractivity contribution in [2.45, 2.75) is 46.5 Å². The number of carbonyl (C=O) groups is 1. The van der Waals surface area contributed by atoms with Crippen molar-refractivity contribution < 1.29 is 9.18 Å². The van der Waals surface area contributed by atoms with Crippen LogP contribution in [0.1, 0.15) is 44.4 Å². The number of halogens is 1. The summed E-state index contributed by atoms with van der Waals surface area (Å²) in [5, 5.41) is 2.74. The number of pyridine rings is 2. The Morgan fingerprint density at radius 3 is 2.70 bits per heavy atom. The van der Waals surface area contributed by atoms with Gasteiger partial charge in [0.25, 0.3) is 0 Å². The number of anilines is 3. The summed E-state index contributed by atoms with van der Waals surface area (Å²) >= 11 is 0. The van der Waals surface area contributed by atoms with Gasteiger partial charge in [0.15, 0.2) is 5.82 Å². The van der Waals surface area contributed by atoms with Crippen LogP contribution in [-0.4, -0.2) is 40.0 Å². The van der Waals surface area contributed by atoms with Gasteiger partial charge in [-0.25, -0.2) is 19.2 Å². The molecular weight excluding hydrogens is 419 g/mol. The average molecular weight is 451 g/mol. The molecule has 5 heterocycles. The second-order valence-corrected chi connectivity index (χ2v) is 9.69. The highest BCUT2D eigenvalue weighted by Crippen LogP contribution is 2.36. The zero-order valence-electron chi connectivity index (χ0n) is 19.5. The minimum Gasteiger partial charge on any atom is -0.371 e. The summed E-state index contributed by atoms with van der Waals surface area (Å²) in [6.45, 7) is 9.04. The molecule has 2 aliphatic rings. The van der Waals surface area contributed by atoms with E-state index in [2.05, 4.69) is 40.1 Å². The number of amides is 2. The zero-order chi connectivity index (χ0) is 23.1. The maximum atomic E-state index is 14.6. The van der Waals surface area contributed by atoms with Crippen LogP contribution in [0, 0.1) is 24.6 Å². The molecule has 0 radical (unpaired) electrons. The summed E-state index contributed by atoms with van der Waals surface area (Å²) in [6.07, 6.45) is 9.67. The van der Waals surface area contributed by atoms with Crippen molar-refractivity contribution in [2.75, 3.05) is 34.8 Å². The molecule has 2 amide bonds. The predicted octanol–water partition coefficient (Wildman–Crippen LogP) is 5.03. The van der Waals surface area contributed by atoms with Crippen molar-refractivity contribution >= 4 is 28.9 Å². The SMILES string of the molecule is Cc1cn2cc(NC(=O)N3CCc4c(N5CC(C)CCCC(C)C5)ccnc43)c(F)cc2n1. The van der Waals surface area contributed by atoms with Crippen LogP contribution >= 0.6 is 0 Å². The second kappa shape index (κ2) is 8.65. The number of aromatic nitrogens is 3. The highest BCUT2D eigenvalue weighted by atomic mass is 19.1. The fourth-order valence-electron chi connectivity index (χ4n) is 5.20. The maximum absolute atomic E-state index is 14.6. The molecular formula is C25H31FN6O. The van der Waals surface area contributed by atoms with E-state index in [4.69, 9.17) is 0 Å². The van der Waals surface area contributed by atoms with Gasteiger partial charge in [0, 0.05) is 55.5 Å². The first kappa shape index (κ1) is 21.7. The van der Waals surface area contributed by atoms with Crippen molar-refractivity contribution in [3.63, 3.8) is 0 Å². The molecule has 5 rings (SSSR count). The Bertz CT molecular complexity index is 1180.